The lowest BCUT2D eigenvalue weighted by atomic mass is 9.93. The maximum atomic E-state index is 12.7. The number of carbonyl (C=O) groups excluding carboxylic acids is 2. The summed E-state index contributed by atoms with van der Waals surface area (Å²) in [6.07, 6.45) is 3.24. The molecule has 1 unspecified atom stereocenters. The van der Waals surface area contributed by atoms with Gasteiger partial charge in [0.2, 0.25) is 11.8 Å². The van der Waals surface area contributed by atoms with E-state index in [1.54, 1.807) is 24.9 Å². The molecular weight excluding hydrogens is 266 g/mol. The third kappa shape index (κ3) is 2.91. The molecular formula is C16H23N3O2. The zero-order valence-electron chi connectivity index (χ0n) is 13.1. The Bertz CT molecular complexity index is 554. The Kier molecular flexibility index (Phi) is 4.30. The van der Waals surface area contributed by atoms with E-state index in [9.17, 15) is 9.59 Å². The van der Waals surface area contributed by atoms with Crippen molar-refractivity contribution in [3.05, 3.63) is 29.6 Å². The van der Waals surface area contributed by atoms with E-state index in [1.807, 2.05) is 26.0 Å². The third-order valence-corrected chi connectivity index (χ3v) is 4.10. The minimum Gasteiger partial charge on any atom is -0.342 e. The molecule has 1 aliphatic heterocycles. The maximum Gasteiger partial charge on any atom is 0.246 e. The number of pyridine rings is 1. The topological polar surface area (TPSA) is 62.3 Å². The number of hydrogen-bond acceptors (Lipinski definition) is 3. The molecule has 2 heterocycles. The number of hydrogen-bond donors (Lipinski definition) is 1. The Morgan fingerprint density at radius 1 is 1.38 bits per heavy atom. The van der Waals surface area contributed by atoms with Gasteiger partial charge in [-0.3, -0.25) is 14.6 Å². The van der Waals surface area contributed by atoms with Crippen molar-refractivity contribution in [2.75, 3.05) is 0 Å². The lowest BCUT2D eigenvalue weighted by Gasteiger charge is -2.44. The van der Waals surface area contributed by atoms with Crippen LogP contribution in [0, 0.1) is 6.92 Å². The Morgan fingerprint density at radius 2 is 2.10 bits per heavy atom. The highest BCUT2D eigenvalue weighted by Crippen LogP contribution is 2.25. The van der Waals surface area contributed by atoms with E-state index in [0.717, 1.165) is 17.7 Å². The first-order chi connectivity index (χ1) is 9.87. The Balaban J connectivity index is 2.30. The molecule has 1 aliphatic rings. The average Bonchev–Trinajstić information content (AvgIpc) is 2.43. The van der Waals surface area contributed by atoms with E-state index in [0.29, 0.717) is 13.0 Å². The van der Waals surface area contributed by atoms with Crippen LogP contribution >= 0.6 is 0 Å². The van der Waals surface area contributed by atoms with Crippen molar-refractivity contribution in [2.45, 2.75) is 58.7 Å². The van der Waals surface area contributed by atoms with Crippen LogP contribution in [0.15, 0.2) is 18.3 Å². The second-order valence-electron chi connectivity index (χ2n) is 6.07. The normalized spacial score (nSPS) is 21.3. The van der Waals surface area contributed by atoms with Gasteiger partial charge >= 0.3 is 0 Å². The highest BCUT2D eigenvalue weighted by molar-refractivity contribution is 5.99. The van der Waals surface area contributed by atoms with Crippen LogP contribution in [-0.2, 0) is 16.1 Å². The van der Waals surface area contributed by atoms with Crippen molar-refractivity contribution in [1.29, 1.82) is 0 Å². The van der Waals surface area contributed by atoms with Gasteiger partial charge in [-0.15, -0.1) is 0 Å². The van der Waals surface area contributed by atoms with Crippen molar-refractivity contribution in [1.82, 2.24) is 15.2 Å². The van der Waals surface area contributed by atoms with E-state index in [1.165, 1.54) is 0 Å². The standard InChI is InChI=1S/C16H23N3O2/c1-5-7-12-14(20)19(16(3,4)15(21)18-12)10-13-11(2)8-6-9-17-13/h6,8-9,12H,5,7,10H2,1-4H3,(H,18,21). The fraction of sp³-hybridized carbons (Fsp3) is 0.562. The summed E-state index contributed by atoms with van der Waals surface area (Å²) in [5, 5.41) is 2.84. The molecule has 5 nitrogen and oxygen atoms in total. The number of nitrogens with one attached hydrogen (secondary N) is 1. The summed E-state index contributed by atoms with van der Waals surface area (Å²) in [7, 11) is 0. The highest BCUT2D eigenvalue weighted by Gasteiger charge is 2.45. The highest BCUT2D eigenvalue weighted by atomic mass is 16.2. The van der Waals surface area contributed by atoms with Crippen LogP contribution in [0.25, 0.3) is 0 Å². The molecule has 21 heavy (non-hydrogen) atoms. The predicted molar refractivity (Wildman–Crippen MR) is 80.4 cm³/mol. The van der Waals surface area contributed by atoms with E-state index < -0.39 is 11.6 Å². The van der Waals surface area contributed by atoms with Gasteiger partial charge < -0.3 is 10.2 Å². The smallest absolute Gasteiger partial charge is 0.246 e. The van der Waals surface area contributed by atoms with Crippen LogP contribution in [0.5, 0.6) is 0 Å². The van der Waals surface area contributed by atoms with Crippen LogP contribution < -0.4 is 5.32 Å². The van der Waals surface area contributed by atoms with Crippen molar-refractivity contribution in [3.63, 3.8) is 0 Å². The lowest BCUT2D eigenvalue weighted by Crippen LogP contribution is -2.67. The molecule has 0 radical (unpaired) electrons. The molecule has 5 heteroatoms. The minimum absolute atomic E-state index is 0.0218. The van der Waals surface area contributed by atoms with Gasteiger partial charge in [-0.25, -0.2) is 0 Å². The number of amides is 2. The number of nitrogens with zero attached hydrogens (tertiary/aromatic N) is 2. The summed E-state index contributed by atoms with van der Waals surface area (Å²) in [6.45, 7) is 7.90. The second kappa shape index (κ2) is 5.84. The van der Waals surface area contributed by atoms with Crippen molar-refractivity contribution in [2.24, 2.45) is 0 Å². The summed E-state index contributed by atoms with van der Waals surface area (Å²) in [6, 6.07) is 3.42. The van der Waals surface area contributed by atoms with Gasteiger partial charge in [-0.1, -0.05) is 19.4 Å². The molecule has 1 saturated heterocycles. The zero-order valence-corrected chi connectivity index (χ0v) is 13.1. The molecule has 0 aromatic carbocycles. The van der Waals surface area contributed by atoms with Gasteiger partial charge in [0.1, 0.15) is 11.6 Å². The van der Waals surface area contributed by atoms with Gasteiger partial charge in [0.05, 0.1) is 12.2 Å². The van der Waals surface area contributed by atoms with Crippen molar-refractivity contribution >= 4 is 11.8 Å². The van der Waals surface area contributed by atoms with Gasteiger partial charge in [0.15, 0.2) is 0 Å². The van der Waals surface area contributed by atoms with Crippen LogP contribution in [0.4, 0.5) is 0 Å². The Labute approximate surface area is 125 Å². The Hall–Kier alpha value is -1.91. The lowest BCUT2D eigenvalue weighted by molar-refractivity contribution is -0.156. The number of aryl methyl sites for hydroxylation is 1. The molecule has 2 rings (SSSR count). The van der Waals surface area contributed by atoms with Crippen LogP contribution in [0.1, 0.15) is 44.9 Å². The van der Waals surface area contributed by atoms with E-state index in [4.69, 9.17) is 0 Å². The molecule has 1 N–H and O–H groups in total. The largest absolute Gasteiger partial charge is 0.342 e. The van der Waals surface area contributed by atoms with E-state index in [-0.39, 0.29) is 11.8 Å². The fourth-order valence-corrected chi connectivity index (χ4v) is 2.58. The van der Waals surface area contributed by atoms with E-state index >= 15 is 0 Å². The predicted octanol–water partition coefficient (Wildman–Crippen LogP) is 1.80. The quantitative estimate of drug-likeness (QED) is 0.919. The first-order valence-corrected chi connectivity index (χ1v) is 7.41. The molecule has 1 fully saturated rings. The molecule has 0 bridgehead atoms. The van der Waals surface area contributed by atoms with Gasteiger partial charge in [-0.05, 0) is 38.8 Å². The fourth-order valence-electron chi connectivity index (χ4n) is 2.58. The number of rotatable bonds is 4. The summed E-state index contributed by atoms with van der Waals surface area (Å²) in [5.74, 6) is -0.124. The van der Waals surface area contributed by atoms with Gasteiger partial charge in [0.25, 0.3) is 0 Å². The summed E-state index contributed by atoms with van der Waals surface area (Å²) in [5.41, 5.74) is 1.01. The second-order valence-corrected chi connectivity index (χ2v) is 6.07. The molecule has 2 amide bonds. The summed E-state index contributed by atoms with van der Waals surface area (Å²) < 4.78 is 0. The average molecular weight is 289 g/mol. The summed E-state index contributed by atoms with van der Waals surface area (Å²) >= 11 is 0. The van der Waals surface area contributed by atoms with E-state index in [2.05, 4.69) is 10.3 Å². The maximum absolute atomic E-state index is 12.7. The number of carbonyl (C=O) groups is 2. The number of piperazine rings is 1. The minimum atomic E-state index is -0.856. The van der Waals surface area contributed by atoms with Crippen molar-refractivity contribution < 1.29 is 9.59 Å². The zero-order chi connectivity index (χ0) is 15.6. The van der Waals surface area contributed by atoms with Crippen molar-refractivity contribution in [3.8, 4) is 0 Å². The van der Waals surface area contributed by atoms with Crippen LogP contribution in [-0.4, -0.2) is 33.3 Å². The van der Waals surface area contributed by atoms with Crippen LogP contribution in [0.3, 0.4) is 0 Å². The molecule has 0 saturated carbocycles. The van der Waals surface area contributed by atoms with Gasteiger partial charge in [0, 0.05) is 6.20 Å². The first kappa shape index (κ1) is 15.5. The summed E-state index contributed by atoms with van der Waals surface area (Å²) in [4.78, 5) is 31.0. The van der Waals surface area contributed by atoms with Crippen LogP contribution in [0.2, 0.25) is 0 Å². The molecule has 0 spiro atoms. The first-order valence-electron chi connectivity index (χ1n) is 7.41. The molecule has 1 atom stereocenters. The monoisotopic (exact) mass is 289 g/mol. The Morgan fingerprint density at radius 3 is 2.71 bits per heavy atom. The molecule has 1 aromatic rings. The van der Waals surface area contributed by atoms with Gasteiger partial charge in [-0.2, -0.15) is 0 Å². The SMILES string of the molecule is CCCC1NC(=O)C(C)(C)N(Cc2ncccc2C)C1=O. The number of aromatic nitrogens is 1. The third-order valence-electron chi connectivity index (χ3n) is 4.10. The molecule has 1 aromatic heterocycles. The molecule has 114 valence electrons. The molecule has 0 aliphatic carbocycles.